The van der Waals surface area contributed by atoms with Crippen molar-refractivity contribution in [3.63, 3.8) is 0 Å². The maximum absolute atomic E-state index is 16.3. The minimum atomic E-state index is -1.74. The van der Waals surface area contributed by atoms with E-state index < -0.39 is 221 Å². The number of phenols is 1. The SMILES string of the molecule is CCNC(=O)[C@H](CCC(=O)[N-]C(c1ccccc1)(c1ccccc1)c1ccccc1)NC(=O)[C@@H](NC(=O)[C@H](Cc1ccc(OC(C)(C)C)cc1)NC(=O)[C@@H]1CSSC[C@H](NC(=O)[C@@H](CCC(=O)OC(C)(C)C)NC(=O)[C@H](Cc2ccc(OC(C)(C)C)cc2)NC(=O)COCCOCCN)C(=O)N2C[C@H](OC(C)(C)C)C[C@H]2C(=O)N[C@@H](Cc2ccc(O)c(I)c2)C(=O)NCC(=O)N[C@@H](CC(C)C)C(=O)N1)C(C)CC. The van der Waals surface area contributed by atoms with Crippen LogP contribution in [0.5, 0.6) is 17.2 Å². The molecular formula is C105H144IN14O21S2-. The highest BCUT2D eigenvalue weighted by Gasteiger charge is 2.46. The number of fused-ring (bicyclic) bond motifs is 1. The number of rotatable bonds is 43. The van der Waals surface area contributed by atoms with Crippen LogP contribution in [0.1, 0.15) is 196 Å². The number of ether oxygens (including phenoxy) is 6. The van der Waals surface area contributed by atoms with Gasteiger partial charge in [-0.15, -0.1) is 0 Å². The van der Waals surface area contributed by atoms with Crippen molar-refractivity contribution in [1.82, 2.24) is 63.4 Å². The normalized spacial score (nSPS) is 18.4. The van der Waals surface area contributed by atoms with Crippen LogP contribution in [0.2, 0.25) is 0 Å². The van der Waals surface area contributed by atoms with Crippen LogP contribution in [0, 0.1) is 15.4 Å². The fourth-order valence-electron chi connectivity index (χ4n) is 16.0. The Labute approximate surface area is 860 Å². The van der Waals surface area contributed by atoms with Gasteiger partial charge in [-0.1, -0.05) is 194 Å². The summed E-state index contributed by atoms with van der Waals surface area (Å²) in [5.74, 6) is -12.9. The molecule has 14 N–H and O–H groups in total. The second-order valence-electron chi connectivity index (χ2n) is 39.9. The molecule has 143 heavy (non-hydrogen) atoms. The third-order valence-electron chi connectivity index (χ3n) is 22.7. The number of aromatic hydroxyl groups is 1. The molecule has 1 unspecified atom stereocenters. The number of carbonyl (C=O) groups is 14. The first kappa shape index (κ1) is 117. The topological polar surface area (TPSA) is 490 Å². The van der Waals surface area contributed by atoms with Gasteiger partial charge in [-0.25, -0.2) is 0 Å². The largest absolute Gasteiger partial charge is 0.637 e. The fourth-order valence-corrected chi connectivity index (χ4v) is 18.9. The number of hydrogen-bond acceptors (Lipinski definition) is 24. The lowest BCUT2D eigenvalue weighted by Gasteiger charge is -2.48. The van der Waals surface area contributed by atoms with Crippen molar-refractivity contribution in [1.29, 1.82) is 0 Å². The van der Waals surface area contributed by atoms with E-state index >= 15 is 38.4 Å². The number of nitrogens with zero attached hydrogens (tertiary/aromatic N) is 2. The molecule has 6 aromatic carbocycles. The van der Waals surface area contributed by atoms with Crippen LogP contribution in [0.25, 0.3) is 5.32 Å². The zero-order valence-electron chi connectivity index (χ0n) is 84.9. The van der Waals surface area contributed by atoms with Gasteiger partial charge in [0.2, 0.25) is 70.9 Å². The van der Waals surface area contributed by atoms with Crippen LogP contribution in [0.4, 0.5) is 0 Å². The van der Waals surface area contributed by atoms with Crippen LogP contribution >= 0.6 is 44.2 Å². The van der Waals surface area contributed by atoms with Gasteiger partial charge in [-0.3, -0.25) is 62.3 Å². The van der Waals surface area contributed by atoms with Crippen molar-refractivity contribution in [2.75, 3.05) is 64.1 Å². The van der Waals surface area contributed by atoms with Gasteiger partial charge >= 0.3 is 5.97 Å². The number of likely N-dealkylation sites (N-methyl/N-ethyl adjacent to an activating group) is 1. The molecule has 0 saturated carbocycles. The Hall–Kier alpha value is -11.4. The number of benzene rings is 6. The van der Waals surface area contributed by atoms with E-state index in [2.05, 4.69) is 58.5 Å². The van der Waals surface area contributed by atoms with Crippen LogP contribution in [0.15, 0.2) is 158 Å². The summed E-state index contributed by atoms with van der Waals surface area (Å²) in [6, 6.07) is 30.5. The Bertz CT molecular complexity index is 5140. The molecule has 35 nitrogen and oxygen atoms in total. The number of amides is 13. The number of carbonyl (C=O) groups excluding carboxylic acids is 14. The van der Waals surface area contributed by atoms with E-state index in [9.17, 15) is 33.9 Å². The monoisotopic (exact) mass is 2130 g/mol. The summed E-state index contributed by atoms with van der Waals surface area (Å²) in [5, 5.41) is 46.3. The first-order chi connectivity index (χ1) is 67.5. The van der Waals surface area contributed by atoms with E-state index in [1.165, 1.54) is 17.0 Å². The molecule has 2 heterocycles. The van der Waals surface area contributed by atoms with Gasteiger partial charge in [0.25, 0.3) is 0 Å². The summed E-state index contributed by atoms with van der Waals surface area (Å²) in [6.45, 7) is 29.3. The number of esters is 1. The zero-order chi connectivity index (χ0) is 105. The number of nitrogens with one attached hydrogen (secondary N) is 11. The summed E-state index contributed by atoms with van der Waals surface area (Å²) >= 11 is 1.90. The number of hydrogen-bond donors (Lipinski definition) is 13. The summed E-state index contributed by atoms with van der Waals surface area (Å²) in [7, 11) is 1.81. The lowest BCUT2D eigenvalue weighted by atomic mass is 9.77. The third kappa shape index (κ3) is 38.9. The average molecular weight is 2130 g/mol. The average Bonchev–Trinajstić information content (AvgIpc) is 1.25. The van der Waals surface area contributed by atoms with E-state index in [0.717, 1.165) is 21.6 Å². The highest BCUT2D eigenvalue weighted by molar-refractivity contribution is 14.1. The first-order valence-corrected chi connectivity index (χ1v) is 52.1. The number of halogens is 1. The number of nitrogens with two attached hydrogens (primary N) is 1. The summed E-state index contributed by atoms with van der Waals surface area (Å²) in [6.07, 6.45) is -3.10. The van der Waals surface area contributed by atoms with Gasteiger partial charge in [0.05, 0.1) is 47.5 Å². The molecule has 780 valence electrons. The third-order valence-corrected chi connectivity index (χ3v) is 26.0. The van der Waals surface area contributed by atoms with Crippen LogP contribution in [0.3, 0.4) is 0 Å². The maximum Gasteiger partial charge on any atom is 0.306 e. The Morgan fingerprint density at radius 1 is 0.559 bits per heavy atom. The lowest BCUT2D eigenvalue weighted by molar-refractivity contribution is -0.155. The van der Waals surface area contributed by atoms with Gasteiger partial charge in [0.1, 0.15) is 101 Å². The van der Waals surface area contributed by atoms with E-state index in [0.29, 0.717) is 48.4 Å². The molecule has 2 aliphatic rings. The minimum absolute atomic E-state index is 0.0151. The molecule has 0 aliphatic carbocycles. The molecule has 0 spiro atoms. The quantitative estimate of drug-likeness (QED) is 0.00558. The van der Waals surface area contributed by atoms with E-state index in [-0.39, 0.29) is 102 Å². The Morgan fingerprint density at radius 3 is 1.62 bits per heavy atom. The molecule has 2 aliphatic heterocycles. The Kier molecular flexibility index (Phi) is 45.4. The molecule has 2 fully saturated rings. The predicted molar refractivity (Wildman–Crippen MR) is 556 cm³/mol. The standard InChI is InChI=1S/C105H145IN14O21S2/c1-18-65(5)90(99(134)113-76(91(126)108-19-2)44-47-86(122)119-105(69-29-23-20-24-30-69,70-31-25-21-26-32-70)71-33-27-22-28-34-71)118-96(131)81(56-67-37-42-73(43-38-67)139-102(9,10)11)114-97(132)82-62-142-143-63-83(117-93(128)77(45-48-89(125)141-104(15,16)17)112-95(130)80(111-88(124)61-137-52-51-136-50-49-107)55-66-35-40-72(41-36-66)138-101(6,7)8)100(135)120-60-74(140-103(12,13)14)58-84(120)98(133)115-79(57-68-39-46-85(121)75(106)54-68)92(127)109-59-87(123)110-78(53-64(3)4)94(129)116-82/h20-43,46,54,64-65,74,76-84,90H,18-19,44-45,47-53,55-63,107H2,1-17H3,(H13,108,109,110,111,112,113,114,115,116,117,118,119,121,122,123,124,126,127,128,129,130,131,132,133,134)/p-1/t65?,74-,76+,77-,78+,79+,80+,81+,82+,83+,84+,90+/m1/s1. The molecule has 13 amide bonds. The first-order valence-electron chi connectivity index (χ1n) is 48.6. The van der Waals surface area contributed by atoms with Crippen molar-refractivity contribution in [3.8, 4) is 17.2 Å². The van der Waals surface area contributed by atoms with Crippen LogP contribution in [-0.2, 0) is 111 Å². The van der Waals surface area contributed by atoms with Gasteiger partial charge in [-0.05, 0) is 209 Å². The van der Waals surface area contributed by atoms with Gasteiger partial charge < -0.3 is 113 Å². The van der Waals surface area contributed by atoms with Crippen LogP contribution < -0.4 is 73.7 Å². The molecule has 8 rings (SSSR count). The van der Waals surface area contributed by atoms with Crippen molar-refractivity contribution in [3.05, 3.63) is 200 Å². The molecule has 0 aromatic heterocycles. The summed E-state index contributed by atoms with van der Waals surface area (Å²) in [4.78, 5) is 213. The Balaban J connectivity index is 1.20. The maximum atomic E-state index is 16.3. The fraction of sp³-hybridized carbons (Fsp3) is 0.524. The van der Waals surface area contributed by atoms with Crippen molar-refractivity contribution in [2.45, 2.75) is 276 Å². The van der Waals surface area contributed by atoms with Crippen LogP contribution in [-0.4, -0.2) is 246 Å². The van der Waals surface area contributed by atoms with E-state index in [4.69, 9.17) is 39.5 Å². The Morgan fingerprint density at radius 2 is 1.09 bits per heavy atom. The summed E-state index contributed by atoms with van der Waals surface area (Å²) in [5.41, 5.74) is 4.61. The molecule has 38 heteroatoms. The predicted octanol–water partition coefficient (Wildman–Crippen LogP) is 9.05. The highest BCUT2D eigenvalue weighted by atomic mass is 127. The van der Waals surface area contributed by atoms with Gasteiger partial charge in [0.15, 0.2) is 0 Å². The molecule has 6 aromatic rings. The zero-order valence-corrected chi connectivity index (χ0v) is 88.7. The van der Waals surface area contributed by atoms with Gasteiger partial charge in [0, 0.05) is 63.2 Å². The highest BCUT2D eigenvalue weighted by Crippen LogP contribution is 2.45. The molecule has 0 radical (unpaired) electrons. The van der Waals surface area contributed by atoms with Gasteiger partial charge in [-0.2, -0.15) is 0 Å². The summed E-state index contributed by atoms with van der Waals surface area (Å²) < 4.78 is 35.9. The lowest BCUT2D eigenvalue weighted by Crippen LogP contribution is -2.61. The second kappa shape index (κ2) is 55.6. The van der Waals surface area contributed by atoms with Crippen molar-refractivity contribution >= 4 is 127 Å². The second-order valence-corrected chi connectivity index (χ2v) is 43.6. The van der Waals surface area contributed by atoms with E-state index in [1.807, 2.05) is 155 Å². The molecular weight excluding hydrogens is 1980 g/mol. The minimum Gasteiger partial charge on any atom is -0.637 e. The molecule has 12 atom stereocenters. The smallest absolute Gasteiger partial charge is 0.306 e. The molecule has 2 saturated heterocycles. The number of phenolic OH excluding ortho intramolecular Hbond substituents is 1. The van der Waals surface area contributed by atoms with Crippen molar-refractivity contribution in [2.24, 2.45) is 17.6 Å². The molecule has 0 bridgehead atoms. The van der Waals surface area contributed by atoms with Crippen molar-refractivity contribution < 1.29 is 101 Å². The van der Waals surface area contributed by atoms with E-state index in [1.54, 1.807) is 131 Å².